The summed E-state index contributed by atoms with van der Waals surface area (Å²) >= 11 is 1.86. The minimum absolute atomic E-state index is 0.566. The van der Waals surface area contributed by atoms with Crippen LogP contribution in [0.1, 0.15) is 27.8 Å². The summed E-state index contributed by atoms with van der Waals surface area (Å²) in [4.78, 5) is 2.45. The maximum Gasteiger partial charge on any atom is 0.140 e. The van der Waals surface area contributed by atoms with E-state index in [1.807, 2.05) is 11.3 Å². The van der Waals surface area contributed by atoms with Crippen LogP contribution in [0.25, 0.3) is 42.1 Å². The molecule has 2 nitrogen and oxygen atoms in total. The van der Waals surface area contributed by atoms with E-state index in [1.165, 1.54) is 70.2 Å². The van der Waals surface area contributed by atoms with Crippen LogP contribution in [-0.4, -0.2) is 0 Å². The molecule has 11 rings (SSSR count). The normalized spacial score (nSPS) is 15.4. The molecule has 1 atom stereocenters. The predicted molar refractivity (Wildman–Crippen MR) is 214 cm³/mol. The van der Waals surface area contributed by atoms with Crippen molar-refractivity contribution in [2.75, 3.05) is 4.90 Å². The molecule has 1 aromatic heterocycles. The van der Waals surface area contributed by atoms with Gasteiger partial charge in [-0.2, -0.15) is 0 Å². The van der Waals surface area contributed by atoms with Gasteiger partial charge in [0.15, 0.2) is 0 Å². The van der Waals surface area contributed by atoms with Crippen LogP contribution < -0.4 is 9.64 Å². The zero-order valence-corrected chi connectivity index (χ0v) is 28.7. The third-order valence-electron chi connectivity index (χ3n) is 11.1. The smallest absolute Gasteiger partial charge is 0.140 e. The summed E-state index contributed by atoms with van der Waals surface area (Å²) in [5, 5.41) is 4.92. The largest absolute Gasteiger partial charge is 0.456 e. The molecule has 8 aromatic carbocycles. The lowest BCUT2D eigenvalue weighted by atomic mass is 9.65. The van der Waals surface area contributed by atoms with Crippen molar-refractivity contribution in [1.82, 2.24) is 0 Å². The Morgan fingerprint density at radius 1 is 0.490 bits per heavy atom. The standard InChI is InChI=1S/C48H31NOS/c1-30-12-2-9-19-43(30)49(33-24-26-38-37-16-6-11-21-45(37)51-46(38)29-33)32-23-25-36-35-15-5-7-17-39(35)48(42(36)28-32)40-18-8-10-20-44(40)50-47-34-14-4-3-13-31(34)22-27-41(47)48/h2-29H,1H3. The number of thiophene rings is 1. The number of benzene rings is 8. The molecule has 1 aliphatic carbocycles. The Labute approximate surface area is 300 Å². The number of anilines is 3. The van der Waals surface area contributed by atoms with Crippen molar-refractivity contribution >= 4 is 59.3 Å². The first kappa shape index (κ1) is 28.7. The highest BCUT2D eigenvalue weighted by Crippen LogP contribution is 2.63. The number of nitrogens with zero attached hydrogens (tertiary/aromatic N) is 1. The van der Waals surface area contributed by atoms with Gasteiger partial charge >= 0.3 is 0 Å². The van der Waals surface area contributed by atoms with Gasteiger partial charge in [-0.05, 0) is 82.6 Å². The third-order valence-corrected chi connectivity index (χ3v) is 12.2. The second-order valence-corrected chi connectivity index (χ2v) is 14.8. The van der Waals surface area contributed by atoms with E-state index in [-0.39, 0.29) is 0 Å². The van der Waals surface area contributed by atoms with Crippen molar-refractivity contribution in [2.24, 2.45) is 0 Å². The van der Waals surface area contributed by atoms with Gasteiger partial charge in [0, 0.05) is 53.7 Å². The highest BCUT2D eigenvalue weighted by molar-refractivity contribution is 7.25. The molecule has 0 saturated heterocycles. The van der Waals surface area contributed by atoms with Crippen LogP contribution >= 0.6 is 11.3 Å². The van der Waals surface area contributed by atoms with Gasteiger partial charge in [-0.1, -0.05) is 127 Å². The van der Waals surface area contributed by atoms with Gasteiger partial charge in [-0.25, -0.2) is 0 Å². The van der Waals surface area contributed by atoms with E-state index in [2.05, 4.69) is 182 Å². The monoisotopic (exact) mass is 669 g/mol. The molecule has 51 heavy (non-hydrogen) atoms. The topological polar surface area (TPSA) is 12.5 Å². The minimum atomic E-state index is -0.566. The van der Waals surface area contributed by atoms with Crippen LogP contribution in [0.4, 0.5) is 17.1 Å². The molecule has 2 aliphatic rings. The lowest BCUT2D eigenvalue weighted by Crippen LogP contribution is -2.32. The fourth-order valence-corrected chi connectivity index (χ4v) is 9.99. The molecule has 1 aliphatic heterocycles. The van der Waals surface area contributed by atoms with Gasteiger partial charge in [-0.15, -0.1) is 11.3 Å². The molecule has 3 heteroatoms. The zero-order valence-electron chi connectivity index (χ0n) is 27.9. The van der Waals surface area contributed by atoms with Crippen LogP contribution in [0, 0.1) is 6.92 Å². The minimum Gasteiger partial charge on any atom is -0.456 e. The van der Waals surface area contributed by atoms with E-state index in [4.69, 9.17) is 4.74 Å². The molecule has 0 bridgehead atoms. The van der Waals surface area contributed by atoms with Crippen molar-refractivity contribution in [3.05, 3.63) is 198 Å². The third kappa shape index (κ3) is 3.92. The fraction of sp³-hybridized carbons (Fsp3) is 0.0417. The van der Waals surface area contributed by atoms with Crippen molar-refractivity contribution in [2.45, 2.75) is 12.3 Å². The Bertz CT molecular complexity index is 2880. The molecule has 9 aromatic rings. The number of hydrogen-bond acceptors (Lipinski definition) is 3. The van der Waals surface area contributed by atoms with E-state index in [9.17, 15) is 0 Å². The summed E-state index contributed by atoms with van der Waals surface area (Å²) in [5.74, 6) is 1.84. The fourth-order valence-electron chi connectivity index (χ4n) is 8.85. The van der Waals surface area contributed by atoms with E-state index >= 15 is 0 Å². The number of para-hydroxylation sites is 2. The predicted octanol–water partition coefficient (Wildman–Crippen LogP) is 13.5. The van der Waals surface area contributed by atoms with Crippen LogP contribution in [-0.2, 0) is 5.41 Å². The molecule has 0 saturated carbocycles. The number of rotatable bonds is 3. The summed E-state index contributed by atoms with van der Waals surface area (Å²) in [7, 11) is 0. The lowest BCUT2D eigenvalue weighted by molar-refractivity contribution is 0.441. The van der Waals surface area contributed by atoms with Crippen LogP contribution in [0.2, 0.25) is 0 Å². The van der Waals surface area contributed by atoms with Gasteiger partial charge in [-0.3, -0.25) is 0 Å². The molecule has 0 fully saturated rings. The molecule has 1 unspecified atom stereocenters. The Morgan fingerprint density at radius 2 is 1.18 bits per heavy atom. The summed E-state index contributed by atoms with van der Waals surface area (Å²) in [5.41, 5.74) is 11.5. The van der Waals surface area contributed by atoms with E-state index in [0.29, 0.717) is 0 Å². The first-order valence-corrected chi connectivity index (χ1v) is 18.3. The van der Waals surface area contributed by atoms with Gasteiger partial charge in [0.25, 0.3) is 0 Å². The number of hydrogen-bond donors (Lipinski definition) is 0. The molecular weight excluding hydrogens is 639 g/mol. The number of aryl methyl sites for hydroxylation is 1. The van der Waals surface area contributed by atoms with Crippen molar-refractivity contribution in [3.63, 3.8) is 0 Å². The average molecular weight is 670 g/mol. The molecule has 0 radical (unpaired) electrons. The summed E-state index contributed by atoms with van der Waals surface area (Å²) in [6, 6.07) is 62.3. The molecule has 0 N–H and O–H groups in total. The quantitative estimate of drug-likeness (QED) is 0.186. The maximum absolute atomic E-state index is 6.90. The second-order valence-electron chi connectivity index (χ2n) is 13.7. The zero-order chi connectivity index (χ0) is 33.7. The van der Waals surface area contributed by atoms with Gasteiger partial charge in [0.2, 0.25) is 0 Å². The van der Waals surface area contributed by atoms with Crippen LogP contribution in [0.5, 0.6) is 11.5 Å². The maximum atomic E-state index is 6.90. The first-order chi connectivity index (χ1) is 25.2. The Kier molecular flexibility index (Phi) is 5.99. The molecule has 2 heterocycles. The molecule has 1 spiro atoms. The van der Waals surface area contributed by atoms with Crippen LogP contribution in [0.15, 0.2) is 170 Å². The average Bonchev–Trinajstić information content (AvgIpc) is 3.69. The summed E-state index contributed by atoms with van der Waals surface area (Å²) in [6.45, 7) is 2.21. The van der Waals surface area contributed by atoms with Crippen molar-refractivity contribution < 1.29 is 4.74 Å². The molecule has 240 valence electrons. The van der Waals surface area contributed by atoms with Gasteiger partial charge < -0.3 is 9.64 Å². The van der Waals surface area contributed by atoms with E-state index < -0.39 is 5.41 Å². The van der Waals surface area contributed by atoms with Crippen molar-refractivity contribution in [3.8, 4) is 22.6 Å². The summed E-state index contributed by atoms with van der Waals surface area (Å²) in [6.07, 6.45) is 0. The Balaban J connectivity index is 1.22. The highest BCUT2D eigenvalue weighted by atomic mass is 32.1. The van der Waals surface area contributed by atoms with Crippen molar-refractivity contribution in [1.29, 1.82) is 0 Å². The SMILES string of the molecule is Cc1ccccc1N(c1ccc2c(c1)C1(c3ccccc3Oc3c1ccc1ccccc31)c1ccccc1-2)c1ccc2c(c1)sc1ccccc12. The lowest BCUT2D eigenvalue weighted by Gasteiger charge is -2.40. The second kappa shape index (κ2) is 10.7. The Hall–Kier alpha value is -6.16. The number of fused-ring (bicyclic) bond motifs is 14. The summed E-state index contributed by atoms with van der Waals surface area (Å²) < 4.78 is 9.50. The first-order valence-electron chi connectivity index (χ1n) is 17.5. The highest BCUT2D eigenvalue weighted by Gasteiger charge is 2.51. The van der Waals surface area contributed by atoms with E-state index in [1.54, 1.807) is 0 Å². The molecule has 0 amide bonds. The molecular formula is C48H31NOS. The van der Waals surface area contributed by atoms with Gasteiger partial charge in [0.05, 0.1) is 5.41 Å². The Morgan fingerprint density at radius 3 is 2.10 bits per heavy atom. The van der Waals surface area contributed by atoms with E-state index in [0.717, 1.165) is 28.3 Å². The number of ether oxygens (including phenoxy) is 1. The van der Waals surface area contributed by atoms with Crippen LogP contribution in [0.3, 0.4) is 0 Å². The van der Waals surface area contributed by atoms with Gasteiger partial charge in [0.1, 0.15) is 11.5 Å².